The number of benzene rings is 2. The van der Waals surface area contributed by atoms with Crippen molar-refractivity contribution in [2.75, 3.05) is 5.32 Å². The monoisotopic (exact) mass is 468 g/mol. The van der Waals surface area contributed by atoms with Crippen LogP contribution in [0.4, 0.5) is 5.69 Å². The molecule has 5 aromatic rings. The Kier molecular flexibility index (Phi) is 5.32. The van der Waals surface area contributed by atoms with Gasteiger partial charge in [-0.25, -0.2) is 9.97 Å². The molecule has 0 aliphatic rings. The van der Waals surface area contributed by atoms with Crippen LogP contribution >= 0.6 is 12.2 Å². The van der Waals surface area contributed by atoms with E-state index in [-0.39, 0.29) is 11.0 Å². The van der Waals surface area contributed by atoms with E-state index < -0.39 is 0 Å². The molecule has 2 aromatic carbocycles. The van der Waals surface area contributed by atoms with Crippen molar-refractivity contribution >= 4 is 66.9 Å². The lowest BCUT2D eigenvalue weighted by Gasteiger charge is -2.34. The van der Waals surface area contributed by atoms with E-state index in [1.807, 2.05) is 30.3 Å². The van der Waals surface area contributed by atoms with Gasteiger partial charge < -0.3 is 10.6 Å². The molecular weight excluding hydrogens is 440 g/mol. The third kappa shape index (κ3) is 4.35. The van der Waals surface area contributed by atoms with Gasteiger partial charge in [0.1, 0.15) is 11.0 Å². The number of pyridine rings is 2. The van der Waals surface area contributed by atoms with Gasteiger partial charge in [0.15, 0.2) is 5.11 Å². The fourth-order valence-electron chi connectivity index (χ4n) is 4.92. The number of rotatable bonds is 3. The number of hydrogen-bond donors (Lipinski definition) is 2. The highest BCUT2D eigenvalue weighted by Crippen LogP contribution is 2.32. The van der Waals surface area contributed by atoms with Gasteiger partial charge in [-0.05, 0) is 68.2 Å². The fourth-order valence-corrected chi connectivity index (χ4v) is 5.32. The van der Waals surface area contributed by atoms with Gasteiger partial charge in [-0.1, -0.05) is 32.9 Å². The molecule has 0 atom stereocenters. The van der Waals surface area contributed by atoms with Crippen LogP contribution in [-0.2, 0) is 0 Å². The number of aromatic nitrogens is 4. The van der Waals surface area contributed by atoms with E-state index in [2.05, 4.69) is 67.4 Å². The lowest BCUT2D eigenvalue weighted by molar-refractivity contribution is 0.268. The minimum Gasteiger partial charge on any atom is -0.358 e. The van der Waals surface area contributed by atoms with Crippen molar-refractivity contribution in [3.05, 3.63) is 54.9 Å². The van der Waals surface area contributed by atoms with Gasteiger partial charge in [0.2, 0.25) is 0 Å². The quantitative estimate of drug-likeness (QED) is 0.181. The summed E-state index contributed by atoms with van der Waals surface area (Å²) in [6.45, 7) is 11.0. The van der Waals surface area contributed by atoms with Crippen molar-refractivity contribution in [2.24, 2.45) is 5.41 Å². The fraction of sp³-hybridized carbons (Fsp3) is 0.296. The molecule has 34 heavy (non-hydrogen) atoms. The second kappa shape index (κ2) is 8.09. The predicted molar refractivity (Wildman–Crippen MR) is 145 cm³/mol. The molecule has 2 N–H and O–H groups in total. The van der Waals surface area contributed by atoms with Crippen LogP contribution in [0, 0.1) is 5.41 Å². The molecule has 6 nitrogen and oxygen atoms in total. The van der Waals surface area contributed by atoms with Crippen LogP contribution in [0.15, 0.2) is 54.9 Å². The van der Waals surface area contributed by atoms with Crippen molar-refractivity contribution in [3.63, 3.8) is 0 Å². The van der Waals surface area contributed by atoms with Crippen molar-refractivity contribution < 1.29 is 0 Å². The summed E-state index contributed by atoms with van der Waals surface area (Å²) in [6, 6.07) is 13.9. The van der Waals surface area contributed by atoms with E-state index in [0.29, 0.717) is 5.11 Å². The maximum Gasteiger partial charge on any atom is 0.171 e. The zero-order valence-electron chi connectivity index (χ0n) is 20.1. The molecule has 0 bridgehead atoms. The number of thiocarbonyl (C=S) groups is 1. The Bertz CT molecular complexity index is 1570. The summed E-state index contributed by atoms with van der Waals surface area (Å²) >= 11 is 5.61. The van der Waals surface area contributed by atoms with Crippen LogP contribution in [0.2, 0.25) is 0 Å². The highest BCUT2D eigenvalue weighted by atomic mass is 32.1. The maximum absolute atomic E-state index is 5.61. The summed E-state index contributed by atoms with van der Waals surface area (Å²) in [4.78, 5) is 19.2. The predicted octanol–water partition coefficient (Wildman–Crippen LogP) is 6.38. The van der Waals surface area contributed by atoms with Crippen LogP contribution in [0.3, 0.4) is 0 Å². The van der Waals surface area contributed by atoms with E-state index in [1.165, 1.54) is 0 Å². The average molecular weight is 469 g/mol. The van der Waals surface area contributed by atoms with Crippen LogP contribution in [0.1, 0.15) is 41.0 Å². The van der Waals surface area contributed by atoms with Crippen LogP contribution < -0.4 is 10.6 Å². The van der Waals surface area contributed by atoms with Crippen LogP contribution in [0.5, 0.6) is 0 Å². The lowest BCUT2D eigenvalue weighted by Crippen LogP contribution is -2.47. The first kappa shape index (κ1) is 22.3. The first-order chi connectivity index (χ1) is 16.1. The zero-order chi connectivity index (χ0) is 24.1. The Balaban J connectivity index is 1.55. The molecule has 0 aliphatic carbocycles. The maximum atomic E-state index is 5.61. The van der Waals surface area contributed by atoms with E-state index in [4.69, 9.17) is 22.2 Å². The van der Waals surface area contributed by atoms with Crippen molar-refractivity contribution in [2.45, 2.75) is 46.6 Å². The second-order valence-corrected chi connectivity index (χ2v) is 11.0. The first-order valence-electron chi connectivity index (χ1n) is 11.4. The minimum atomic E-state index is -0.131. The van der Waals surface area contributed by atoms with Gasteiger partial charge in [-0.15, -0.1) is 0 Å². The number of fused-ring (bicyclic) bond motifs is 7. The van der Waals surface area contributed by atoms with E-state index in [1.54, 1.807) is 12.4 Å². The van der Waals surface area contributed by atoms with E-state index in [0.717, 1.165) is 56.0 Å². The SMILES string of the molecule is CC(C)(C)CC(C)(C)NC(=S)Nc1ccc2nc3c4ncccc4c4cccnc4c3nc2c1. The Hall–Kier alpha value is -3.45. The molecule has 7 heteroatoms. The summed E-state index contributed by atoms with van der Waals surface area (Å²) < 4.78 is 0. The number of nitrogens with one attached hydrogen (secondary N) is 2. The summed E-state index contributed by atoms with van der Waals surface area (Å²) in [5.41, 5.74) is 5.67. The van der Waals surface area contributed by atoms with E-state index in [9.17, 15) is 0 Å². The Labute approximate surface area is 204 Å². The minimum absolute atomic E-state index is 0.131. The third-order valence-electron chi connectivity index (χ3n) is 5.70. The van der Waals surface area contributed by atoms with Crippen LogP contribution in [-0.4, -0.2) is 30.6 Å². The third-order valence-corrected chi connectivity index (χ3v) is 5.90. The molecule has 0 spiro atoms. The van der Waals surface area contributed by atoms with Crippen molar-refractivity contribution in [1.29, 1.82) is 0 Å². The molecule has 0 aliphatic heterocycles. The highest BCUT2D eigenvalue weighted by molar-refractivity contribution is 7.80. The topological polar surface area (TPSA) is 75.6 Å². The smallest absolute Gasteiger partial charge is 0.171 e. The Morgan fingerprint density at radius 1 is 0.794 bits per heavy atom. The normalized spacial score (nSPS) is 12.5. The molecule has 0 saturated heterocycles. The van der Waals surface area contributed by atoms with Gasteiger partial charge in [-0.2, -0.15) is 0 Å². The van der Waals surface area contributed by atoms with Gasteiger partial charge in [0.25, 0.3) is 0 Å². The lowest BCUT2D eigenvalue weighted by atomic mass is 9.82. The highest BCUT2D eigenvalue weighted by Gasteiger charge is 2.26. The first-order valence-corrected chi connectivity index (χ1v) is 11.8. The van der Waals surface area contributed by atoms with Crippen molar-refractivity contribution in [1.82, 2.24) is 25.3 Å². The second-order valence-electron chi connectivity index (χ2n) is 10.6. The Morgan fingerprint density at radius 2 is 1.38 bits per heavy atom. The summed E-state index contributed by atoms with van der Waals surface area (Å²) in [5, 5.41) is 9.40. The van der Waals surface area contributed by atoms with Gasteiger partial charge in [0.05, 0.1) is 22.1 Å². The molecule has 0 radical (unpaired) electrons. The summed E-state index contributed by atoms with van der Waals surface area (Å²) in [7, 11) is 0. The van der Waals surface area contributed by atoms with Gasteiger partial charge in [0, 0.05) is 34.4 Å². The molecule has 0 unspecified atom stereocenters. The average Bonchev–Trinajstić information content (AvgIpc) is 2.76. The standard InChI is InChI=1S/C27H28N6S/c1-26(2,3)15-27(4,5)33-25(34)30-16-10-11-19-20(14-16)32-24-22-18(9-7-13-29-22)17-8-6-12-28-21(17)23(24)31-19/h6-14H,15H2,1-5H3,(H2,30,33,34). The molecule has 0 saturated carbocycles. The molecule has 3 heterocycles. The van der Waals surface area contributed by atoms with Crippen LogP contribution in [0.25, 0.3) is 43.9 Å². The number of anilines is 1. The molecule has 172 valence electrons. The Morgan fingerprint density at radius 3 is 1.97 bits per heavy atom. The molecule has 0 fully saturated rings. The molecule has 3 aromatic heterocycles. The van der Waals surface area contributed by atoms with Gasteiger partial charge in [-0.3, -0.25) is 9.97 Å². The molecule has 5 rings (SSSR count). The molecular formula is C27H28N6S. The largest absolute Gasteiger partial charge is 0.358 e. The number of hydrogen-bond acceptors (Lipinski definition) is 5. The zero-order valence-corrected chi connectivity index (χ0v) is 20.9. The number of nitrogens with zero attached hydrogens (tertiary/aromatic N) is 4. The molecule has 0 amide bonds. The summed E-state index contributed by atoms with van der Waals surface area (Å²) in [6.07, 6.45) is 4.56. The van der Waals surface area contributed by atoms with Gasteiger partial charge >= 0.3 is 0 Å². The summed E-state index contributed by atoms with van der Waals surface area (Å²) in [5.74, 6) is 0. The van der Waals surface area contributed by atoms with E-state index >= 15 is 0 Å². The van der Waals surface area contributed by atoms with Crippen molar-refractivity contribution in [3.8, 4) is 0 Å².